The minimum atomic E-state index is 0.620. The van der Waals surface area contributed by atoms with Gasteiger partial charge in [0.2, 0.25) is 0 Å². The van der Waals surface area contributed by atoms with Crippen LogP contribution in [0.4, 0.5) is 0 Å². The number of aromatic nitrogens is 5. The maximum Gasteiger partial charge on any atom is 0.164 e. The third-order valence-corrected chi connectivity index (χ3v) is 9.78. The normalized spacial score (nSPS) is 11.5. The molecule has 3 aromatic heterocycles. The maximum atomic E-state index is 5.37. The van der Waals surface area contributed by atoms with E-state index in [1.54, 1.807) is 0 Å². The molecule has 5 nitrogen and oxygen atoms in total. The summed E-state index contributed by atoms with van der Waals surface area (Å²) in [6, 6.07) is 56.6. The summed E-state index contributed by atoms with van der Waals surface area (Å²) in [6.45, 7) is 0. The first-order valence-corrected chi connectivity index (χ1v) is 17.3. The van der Waals surface area contributed by atoms with Gasteiger partial charge in [-0.15, -0.1) is 0 Å². The van der Waals surface area contributed by atoms with Crippen LogP contribution in [0.2, 0.25) is 0 Å². The molecule has 10 aromatic rings. The Morgan fingerprint density at radius 2 is 0.827 bits per heavy atom. The molecule has 242 valence electrons. The molecule has 0 bridgehead atoms. The van der Waals surface area contributed by atoms with Crippen molar-refractivity contribution in [1.82, 2.24) is 24.9 Å². The first kappa shape index (κ1) is 29.8. The van der Waals surface area contributed by atoms with Gasteiger partial charge in [0, 0.05) is 56.4 Å². The molecule has 0 aliphatic carbocycles. The fourth-order valence-electron chi connectivity index (χ4n) is 7.31. The number of benzene rings is 7. The Morgan fingerprint density at radius 1 is 0.308 bits per heavy atom. The minimum absolute atomic E-state index is 0.620. The van der Waals surface area contributed by atoms with E-state index in [-0.39, 0.29) is 0 Å². The summed E-state index contributed by atoms with van der Waals surface area (Å²) in [4.78, 5) is 24.5. The first-order chi connectivity index (χ1) is 25.8. The summed E-state index contributed by atoms with van der Waals surface area (Å²) in [6.07, 6.45) is 3.73. The molecule has 3 heterocycles. The van der Waals surface area contributed by atoms with Gasteiger partial charge in [-0.05, 0) is 45.3 Å². The van der Waals surface area contributed by atoms with E-state index in [1.165, 1.54) is 21.5 Å². The summed E-state index contributed by atoms with van der Waals surface area (Å²) in [5.41, 5.74) is 7.93. The second-order valence-electron chi connectivity index (χ2n) is 12.9. The molecule has 0 amide bonds. The van der Waals surface area contributed by atoms with Gasteiger partial charge in [0.15, 0.2) is 17.5 Å². The first-order valence-electron chi connectivity index (χ1n) is 17.3. The number of hydrogen-bond acceptors (Lipinski definition) is 5. The largest absolute Gasteiger partial charge is 0.264 e. The predicted molar refractivity (Wildman–Crippen MR) is 213 cm³/mol. The van der Waals surface area contributed by atoms with E-state index in [2.05, 4.69) is 102 Å². The van der Waals surface area contributed by atoms with Crippen molar-refractivity contribution in [3.63, 3.8) is 0 Å². The van der Waals surface area contributed by atoms with Crippen LogP contribution >= 0.6 is 0 Å². The summed E-state index contributed by atoms with van der Waals surface area (Å²) in [5.74, 6) is 1.90. The number of para-hydroxylation sites is 1. The summed E-state index contributed by atoms with van der Waals surface area (Å²) in [7, 11) is 0. The van der Waals surface area contributed by atoms with Crippen molar-refractivity contribution in [3.05, 3.63) is 176 Å². The predicted octanol–water partition coefficient (Wildman–Crippen LogP) is 11.6. The van der Waals surface area contributed by atoms with Crippen molar-refractivity contribution < 1.29 is 0 Å². The number of nitrogens with zero attached hydrogens (tertiary/aromatic N) is 5. The van der Waals surface area contributed by atoms with Crippen LogP contribution in [0.3, 0.4) is 0 Å². The Labute approximate surface area is 300 Å². The fraction of sp³-hybridized carbons (Fsp3) is 0. The molecular formula is C47H29N5. The van der Waals surface area contributed by atoms with E-state index in [0.29, 0.717) is 17.5 Å². The zero-order valence-electron chi connectivity index (χ0n) is 28.0. The van der Waals surface area contributed by atoms with E-state index in [0.717, 1.165) is 60.8 Å². The molecule has 0 radical (unpaired) electrons. The van der Waals surface area contributed by atoms with Gasteiger partial charge in [-0.1, -0.05) is 146 Å². The van der Waals surface area contributed by atoms with E-state index >= 15 is 0 Å². The zero-order chi connectivity index (χ0) is 34.4. The highest BCUT2D eigenvalue weighted by molar-refractivity contribution is 6.33. The van der Waals surface area contributed by atoms with Crippen LogP contribution < -0.4 is 0 Å². The Morgan fingerprint density at radius 3 is 1.48 bits per heavy atom. The van der Waals surface area contributed by atoms with Gasteiger partial charge in [0.1, 0.15) is 0 Å². The average molecular weight is 664 g/mol. The van der Waals surface area contributed by atoms with Crippen LogP contribution in [-0.2, 0) is 0 Å². The van der Waals surface area contributed by atoms with Gasteiger partial charge >= 0.3 is 0 Å². The second kappa shape index (κ2) is 12.3. The minimum Gasteiger partial charge on any atom is -0.264 e. The smallest absolute Gasteiger partial charge is 0.164 e. The van der Waals surface area contributed by atoms with Crippen molar-refractivity contribution >= 4 is 43.2 Å². The molecule has 5 heteroatoms. The molecule has 0 unspecified atom stereocenters. The molecule has 0 atom stereocenters. The zero-order valence-corrected chi connectivity index (χ0v) is 28.0. The topological polar surface area (TPSA) is 64.5 Å². The maximum absolute atomic E-state index is 5.37. The third kappa shape index (κ3) is 5.07. The van der Waals surface area contributed by atoms with Gasteiger partial charge < -0.3 is 0 Å². The number of rotatable bonds is 5. The van der Waals surface area contributed by atoms with Gasteiger partial charge in [0.05, 0.1) is 11.2 Å². The van der Waals surface area contributed by atoms with Crippen molar-refractivity contribution in [2.75, 3.05) is 0 Å². The second-order valence-corrected chi connectivity index (χ2v) is 12.9. The molecule has 7 aromatic carbocycles. The molecule has 0 saturated heterocycles. The quantitative estimate of drug-likeness (QED) is 0.171. The fourth-order valence-corrected chi connectivity index (χ4v) is 7.31. The highest BCUT2D eigenvalue weighted by Crippen LogP contribution is 2.44. The van der Waals surface area contributed by atoms with E-state index < -0.39 is 0 Å². The summed E-state index contributed by atoms with van der Waals surface area (Å²) >= 11 is 0. The summed E-state index contributed by atoms with van der Waals surface area (Å²) < 4.78 is 0. The van der Waals surface area contributed by atoms with Crippen molar-refractivity contribution in [1.29, 1.82) is 0 Å². The van der Waals surface area contributed by atoms with Crippen molar-refractivity contribution in [3.8, 4) is 56.5 Å². The lowest BCUT2D eigenvalue weighted by molar-refractivity contribution is 1.07. The lowest BCUT2D eigenvalue weighted by Crippen LogP contribution is -2.00. The third-order valence-electron chi connectivity index (χ3n) is 9.78. The van der Waals surface area contributed by atoms with Crippen LogP contribution in [0.15, 0.2) is 176 Å². The van der Waals surface area contributed by atoms with Crippen molar-refractivity contribution in [2.45, 2.75) is 0 Å². The highest BCUT2D eigenvalue weighted by Gasteiger charge is 2.19. The van der Waals surface area contributed by atoms with Crippen LogP contribution in [0.25, 0.3) is 99.8 Å². The molecule has 0 saturated carbocycles. The molecule has 0 aliphatic rings. The van der Waals surface area contributed by atoms with Crippen LogP contribution in [0.1, 0.15) is 0 Å². The van der Waals surface area contributed by atoms with Gasteiger partial charge in [0.25, 0.3) is 0 Å². The van der Waals surface area contributed by atoms with Gasteiger partial charge in [-0.2, -0.15) is 0 Å². The van der Waals surface area contributed by atoms with Crippen LogP contribution in [-0.4, -0.2) is 24.9 Å². The van der Waals surface area contributed by atoms with Gasteiger partial charge in [-0.3, -0.25) is 4.98 Å². The lowest BCUT2D eigenvalue weighted by Gasteiger charge is -2.17. The summed E-state index contributed by atoms with van der Waals surface area (Å²) in [5, 5.41) is 8.25. The van der Waals surface area contributed by atoms with E-state index in [9.17, 15) is 0 Å². The van der Waals surface area contributed by atoms with Crippen molar-refractivity contribution in [2.24, 2.45) is 0 Å². The molecular weight excluding hydrogens is 635 g/mol. The number of pyridine rings is 2. The van der Waals surface area contributed by atoms with Crippen LogP contribution in [0, 0.1) is 0 Å². The Hall–Kier alpha value is -7.11. The highest BCUT2D eigenvalue weighted by atomic mass is 15.0. The molecule has 0 fully saturated rings. The molecule has 0 aliphatic heterocycles. The Kier molecular flexibility index (Phi) is 7.07. The average Bonchev–Trinajstić information content (AvgIpc) is 3.24. The molecule has 0 N–H and O–H groups in total. The number of fused-ring (bicyclic) bond motifs is 8. The van der Waals surface area contributed by atoms with E-state index in [1.807, 2.05) is 79.1 Å². The Balaban J connectivity index is 1.19. The Bertz CT molecular complexity index is 2870. The number of hydrogen-bond donors (Lipinski definition) is 0. The standard InChI is InChI=1S/C47H29N5/c1-3-12-31(13-4-1)45-50-46(32-14-5-2-6-15-32)52-47(51-45)33-23-21-30(22-24-33)44-43-38-26-25-34(35-16-11-27-48-29-35)28-40(38)36-17-7-8-18-37(36)42(43)39-19-9-10-20-41(39)49-44/h1-29H. The molecule has 0 spiro atoms. The SMILES string of the molecule is c1ccc(-c2nc(-c3ccccc3)nc(-c3ccc(-c4nc5ccccc5c5c6ccccc6c6cc(-c7cccnc7)ccc6c45)cc3)n2)cc1. The van der Waals surface area contributed by atoms with E-state index in [4.69, 9.17) is 19.9 Å². The van der Waals surface area contributed by atoms with Crippen LogP contribution in [0.5, 0.6) is 0 Å². The molecule has 52 heavy (non-hydrogen) atoms. The lowest BCUT2D eigenvalue weighted by atomic mass is 9.88. The monoisotopic (exact) mass is 663 g/mol. The van der Waals surface area contributed by atoms with Gasteiger partial charge in [-0.25, -0.2) is 19.9 Å². The molecule has 10 rings (SSSR count).